The average molecular weight is 426 g/mol. The van der Waals surface area contributed by atoms with E-state index in [2.05, 4.69) is 20.9 Å². The van der Waals surface area contributed by atoms with Crippen LogP contribution >= 0.6 is 15.9 Å². The van der Waals surface area contributed by atoms with Crippen molar-refractivity contribution >= 4 is 49.9 Å². The molecule has 0 unspecified atom stereocenters. The second kappa shape index (κ2) is 5.95. The molecule has 0 radical (unpaired) electrons. The molecule has 0 fully saturated rings. The molecule has 136 valence electrons. The van der Waals surface area contributed by atoms with Crippen LogP contribution in [0, 0.1) is 13.8 Å². The minimum absolute atomic E-state index is 0.113. The number of aryl methyl sites for hydroxylation is 1. The lowest BCUT2D eigenvalue weighted by Crippen LogP contribution is -2.14. The predicted octanol–water partition coefficient (Wildman–Crippen LogP) is 3.34. The zero-order chi connectivity index (χ0) is 19.5. The van der Waals surface area contributed by atoms with E-state index in [1.165, 1.54) is 0 Å². The number of phenolic OH excluding ortho intramolecular Hbond substituents is 1. The highest BCUT2D eigenvalue weighted by molar-refractivity contribution is 9.10. The summed E-state index contributed by atoms with van der Waals surface area (Å²) < 4.78 is 2.40. The third-order valence-corrected chi connectivity index (χ3v) is 5.29. The van der Waals surface area contributed by atoms with E-state index < -0.39 is 5.91 Å². The fourth-order valence-electron chi connectivity index (χ4n) is 3.34. The number of rotatable bonds is 2. The molecule has 0 atom stereocenters. The fraction of sp³-hybridized carbons (Fsp3) is 0.105. The topological polar surface area (TPSA) is 120 Å². The largest absolute Gasteiger partial charge is 0.508 e. The van der Waals surface area contributed by atoms with Crippen molar-refractivity contribution in [2.75, 3.05) is 5.73 Å². The molecule has 27 heavy (non-hydrogen) atoms. The molecular formula is C19H16BrN5O2. The molecule has 1 amide bonds. The summed E-state index contributed by atoms with van der Waals surface area (Å²) in [6.07, 6.45) is 0. The quantitative estimate of drug-likeness (QED) is 0.454. The number of phenols is 1. The van der Waals surface area contributed by atoms with Crippen molar-refractivity contribution in [3.05, 3.63) is 51.5 Å². The van der Waals surface area contributed by atoms with Crippen LogP contribution in [0.1, 0.15) is 21.5 Å². The summed E-state index contributed by atoms with van der Waals surface area (Å²) in [4.78, 5) is 21.4. The van der Waals surface area contributed by atoms with E-state index in [0.29, 0.717) is 33.4 Å². The smallest absolute Gasteiger partial charge is 0.254 e. The number of fused-ring (bicyclic) bond motifs is 2. The second-order valence-corrected chi connectivity index (χ2v) is 7.19. The third-order valence-electron chi connectivity index (χ3n) is 4.65. The van der Waals surface area contributed by atoms with E-state index in [4.69, 9.17) is 16.5 Å². The Hall–Kier alpha value is -3.13. The van der Waals surface area contributed by atoms with Crippen LogP contribution in [0.15, 0.2) is 34.8 Å². The molecular weight excluding hydrogens is 410 g/mol. The fourth-order valence-corrected chi connectivity index (χ4v) is 3.79. The summed E-state index contributed by atoms with van der Waals surface area (Å²) in [5, 5.41) is 10.2. The van der Waals surface area contributed by atoms with Crippen LogP contribution in [0.25, 0.3) is 27.9 Å². The molecule has 0 saturated heterocycles. The highest BCUT2D eigenvalue weighted by atomic mass is 79.9. The summed E-state index contributed by atoms with van der Waals surface area (Å²) in [6.45, 7) is 3.67. The molecule has 0 aliphatic rings. The lowest BCUT2D eigenvalue weighted by Gasteiger charge is -2.15. The maximum atomic E-state index is 12.1. The number of benzene rings is 2. The number of halogens is 1. The number of aromatic hydroxyl groups is 1. The van der Waals surface area contributed by atoms with Gasteiger partial charge in [0.1, 0.15) is 28.2 Å². The molecule has 0 bridgehead atoms. The average Bonchev–Trinajstić information content (AvgIpc) is 2.89. The van der Waals surface area contributed by atoms with Crippen LogP contribution in [-0.2, 0) is 0 Å². The van der Waals surface area contributed by atoms with Crippen molar-refractivity contribution in [3.63, 3.8) is 0 Å². The summed E-state index contributed by atoms with van der Waals surface area (Å²) in [5.41, 5.74) is 16.1. The number of hydrogen-bond donors (Lipinski definition) is 3. The molecule has 2 aromatic carbocycles. The number of anilines is 1. The van der Waals surface area contributed by atoms with Gasteiger partial charge in [0.05, 0.1) is 11.2 Å². The van der Waals surface area contributed by atoms with E-state index in [9.17, 15) is 9.90 Å². The normalized spacial score (nSPS) is 11.4. The van der Waals surface area contributed by atoms with E-state index in [-0.39, 0.29) is 17.1 Å². The van der Waals surface area contributed by atoms with E-state index in [1.807, 2.05) is 19.1 Å². The predicted molar refractivity (Wildman–Crippen MR) is 108 cm³/mol. The van der Waals surface area contributed by atoms with Gasteiger partial charge in [-0.1, -0.05) is 12.1 Å². The van der Waals surface area contributed by atoms with Crippen LogP contribution in [0.4, 0.5) is 5.82 Å². The first-order chi connectivity index (χ1) is 12.8. The summed E-state index contributed by atoms with van der Waals surface area (Å²) in [7, 11) is 0. The lowest BCUT2D eigenvalue weighted by molar-refractivity contribution is 0.100. The van der Waals surface area contributed by atoms with Crippen molar-refractivity contribution in [1.29, 1.82) is 0 Å². The third kappa shape index (κ3) is 2.44. The minimum Gasteiger partial charge on any atom is -0.508 e. The Labute approximate surface area is 162 Å². The van der Waals surface area contributed by atoms with Gasteiger partial charge in [-0.2, -0.15) is 0 Å². The van der Waals surface area contributed by atoms with Gasteiger partial charge in [0.2, 0.25) is 0 Å². The standard InChI is InChI=1S/C19H16BrN5O2/c1-8-6-7-12(26)9(2)16(8)25-17(21)13(18(22)27)15-19(25)24-14-10(20)4-3-5-11(14)23-15/h3-7,26H,21H2,1-2H3,(H2,22,27). The molecule has 4 aromatic rings. The van der Waals surface area contributed by atoms with Gasteiger partial charge in [-0.25, -0.2) is 9.97 Å². The Balaban J connectivity index is 2.25. The number of aromatic nitrogens is 3. The molecule has 5 N–H and O–H groups in total. The van der Waals surface area contributed by atoms with Crippen LogP contribution in [-0.4, -0.2) is 25.5 Å². The maximum Gasteiger partial charge on any atom is 0.254 e. The highest BCUT2D eigenvalue weighted by Crippen LogP contribution is 2.36. The van der Waals surface area contributed by atoms with Crippen LogP contribution < -0.4 is 11.5 Å². The first kappa shape index (κ1) is 17.3. The SMILES string of the molecule is Cc1ccc(O)c(C)c1-n1c(N)c(C(N)=O)c2nc3cccc(Br)c3nc21. The van der Waals surface area contributed by atoms with Crippen molar-refractivity contribution < 1.29 is 9.90 Å². The van der Waals surface area contributed by atoms with Crippen LogP contribution in [0.5, 0.6) is 5.75 Å². The van der Waals surface area contributed by atoms with Crippen molar-refractivity contribution in [2.24, 2.45) is 5.73 Å². The number of amides is 1. The summed E-state index contributed by atoms with van der Waals surface area (Å²) in [5.74, 6) is -0.427. The van der Waals surface area contributed by atoms with E-state index in [0.717, 1.165) is 10.0 Å². The number of carbonyl (C=O) groups is 1. The number of nitrogen functional groups attached to an aromatic ring is 1. The van der Waals surface area contributed by atoms with Crippen LogP contribution in [0.2, 0.25) is 0 Å². The Kier molecular flexibility index (Phi) is 3.81. The van der Waals surface area contributed by atoms with Gasteiger partial charge in [-0.3, -0.25) is 9.36 Å². The molecule has 0 spiro atoms. The lowest BCUT2D eigenvalue weighted by atomic mass is 10.1. The van der Waals surface area contributed by atoms with Gasteiger partial charge in [0.15, 0.2) is 5.65 Å². The Morgan fingerprint density at radius 1 is 1.15 bits per heavy atom. The Bertz CT molecular complexity index is 1260. The monoisotopic (exact) mass is 425 g/mol. The van der Waals surface area contributed by atoms with Gasteiger partial charge < -0.3 is 16.6 Å². The molecule has 0 aliphatic heterocycles. The molecule has 4 rings (SSSR count). The number of hydrogen-bond acceptors (Lipinski definition) is 5. The van der Waals surface area contributed by atoms with Crippen molar-refractivity contribution in [2.45, 2.75) is 13.8 Å². The number of nitrogens with two attached hydrogens (primary N) is 2. The van der Waals surface area contributed by atoms with Crippen molar-refractivity contribution in [1.82, 2.24) is 14.5 Å². The number of nitrogens with zero attached hydrogens (tertiary/aromatic N) is 3. The molecule has 7 nitrogen and oxygen atoms in total. The molecule has 0 saturated carbocycles. The second-order valence-electron chi connectivity index (χ2n) is 6.34. The Morgan fingerprint density at radius 2 is 1.89 bits per heavy atom. The minimum atomic E-state index is -0.685. The van der Waals surface area contributed by atoms with Gasteiger partial charge >= 0.3 is 0 Å². The zero-order valence-corrected chi connectivity index (χ0v) is 16.2. The maximum absolute atomic E-state index is 12.1. The van der Waals surface area contributed by atoms with Gasteiger partial charge in [0.25, 0.3) is 5.91 Å². The molecule has 0 aliphatic carbocycles. The number of primary amides is 1. The van der Waals surface area contributed by atoms with E-state index in [1.54, 1.807) is 29.7 Å². The summed E-state index contributed by atoms with van der Waals surface area (Å²) in [6, 6.07) is 8.88. The first-order valence-corrected chi connectivity index (χ1v) is 8.96. The first-order valence-electron chi connectivity index (χ1n) is 8.16. The van der Waals surface area contributed by atoms with Gasteiger partial charge in [0, 0.05) is 10.0 Å². The van der Waals surface area contributed by atoms with Gasteiger partial charge in [-0.15, -0.1) is 0 Å². The number of carbonyl (C=O) groups excluding carboxylic acids is 1. The zero-order valence-electron chi connectivity index (χ0n) is 14.6. The van der Waals surface area contributed by atoms with Gasteiger partial charge in [-0.05, 0) is 53.5 Å². The summed E-state index contributed by atoms with van der Waals surface area (Å²) >= 11 is 3.48. The molecule has 2 heterocycles. The Morgan fingerprint density at radius 3 is 2.59 bits per heavy atom. The van der Waals surface area contributed by atoms with Crippen molar-refractivity contribution in [3.8, 4) is 11.4 Å². The molecule has 2 aromatic heterocycles. The van der Waals surface area contributed by atoms with Crippen LogP contribution in [0.3, 0.4) is 0 Å². The number of para-hydroxylation sites is 1. The highest BCUT2D eigenvalue weighted by Gasteiger charge is 2.25. The molecule has 8 heteroatoms. The van der Waals surface area contributed by atoms with E-state index >= 15 is 0 Å².